The molecule has 0 aliphatic carbocycles. The van der Waals surface area contributed by atoms with Gasteiger partial charge in [-0.15, -0.1) is 0 Å². The highest BCUT2D eigenvalue weighted by molar-refractivity contribution is 4.54. The van der Waals surface area contributed by atoms with Crippen LogP contribution in [0, 0.1) is 0 Å². The van der Waals surface area contributed by atoms with Crippen molar-refractivity contribution in [1.82, 2.24) is 0 Å². The maximum atomic E-state index is 8.84. The van der Waals surface area contributed by atoms with Gasteiger partial charge in [0.05, 0.1) is 18.8 Å². The van der Waals surface area contributed by atoms with Crippen molar-refractivity contribution in [3.8, 4) is 0 Å². The molecule has 0 aromatic heterocycles. The van der Waals surface area contributed by atoms with Gasteiger partial charge in [-0.1, -0.05) is 0 Å². The van der Waals surface area contributed by atoms with Gasteiger partial charge in [-0.2, -0.15) is 0 Å². The van der Waals surface area contributed by atoms with Gasteiger partial charge >= 0.3 is 0 Å². The van der Waals surface area contributed by atoms with E-state index >= 15 is 0 Å². The quantitative estimate of drug-likeness (QED) is 0.510. The molecule has 3 heteroatoms. The van der Waals surface area contributed by atoms with Crippen LogP contribution in [0.4, 0.5) is 0 Å². The topological polar surface area (TPSA) is 60.7 Å². The van der Waals surface area contributed by atoms with E-state index in [2.05, 4.69) is 0 Å². The van der Waals surface area contributed by atoms with E-state index in [-0.39, 0.29) is 12.7 Å². The van der Waals surface area contributed by atoms with Crippen molar-refractivity contribution in [2.24, 2.45) is 0 Å². The van der Waals surface area contributed by atoms with Gasteiger partial charge in [0.2, 0.25) is 0 Å². The fraction of sp³-hybridized carbons (Fsp3) is 1.00. The Kier molecular flexibility index (Phi) is 5.58. The molecule has 0 unspecified atom stereocenters. The van der Waals surface area contributed by atoms with Crippen LogP contribution in [-0.4, -0.2) is 34.1 Å². The van der Waals surface area contributed by atoms with Crippen LogP contribution in [0.15, 0.2) is 0 Å². The lowest BCUT2D eigenvalue weighted by molar-refractivity contribution is 0.0814. The highest BCUT2D eigenvalue weighted by Crippen LogP contribution is 2.02. The normalized spacial score (nSPS) is 16.8. The largest absolute Gasteiger partial charge is 0.394 e. The summed E-state index contributed by atoms with van der Waals surface area (Å²) in [5, 5.41) is 26.0. The Morgan fingerprint density at radius 2 is 1.80 bits per heavy atom. The van der Waals surface area contributed by atoms with E-state index in [1.54, 1.807) is 6.92 Å². The summed E-state index contributed by atoms with van der Waals surface area (Å²) in [5.41, 5.74) is 0. The van der Waals surface area contributed by atoms with Gasteiger partial charge in [0, 0.05) is 0 Å². The molecule has 3 N–H and O–H groups in total. The minimum atomic E-state index is -0.612. The molecule has 10 heavy (non-hydrogen) atoms. The minimum absolute atomic E-state index is 0.181. The van der Waals surface area contributed by atoms with Gasteiger partial charge in [-0.3, -0.25) is 0 Å². The molecule has 0 aromatic rings. The van der Waals surface area contributed by atoms with E-state index in [0.717, 1.165) is 6.42 Å². The number of aliphatic hydroxyl groups excluding tert-OH is 3. The molecule has 0 aliphatic rings. The molecule has 0 radical (unpaired) electrons. The summed E-state index contributed by atoms with van der Waals surface area (Å²) in [7, 11) is 0. The van der Waals surface area contributed by atoms with Crippen LogP contribution < -0.4 is 0 Å². The van der Waals surface area contributed by atoms with E-state index < -0.39 is 6.10 Å². The van der Waals surface area contributed by atoms with Crippen LogP contribution in [-0.2, 0) is 0 Å². The summed E-state index contributed by atoms with van der Waals surface area (Å²) in [5.74, 6) is 0. The molecule has 0 saturated heterocycles. The summed E-state index contributed by atoms with van der Waals surface area (Å²) in [6.07, 6.45) is 1.11. The zero-order valence-corrected chi connectivity index (χ0v) is 6.32. The predicted octanol–water partition coefficient (Wildman–Crippen LogP) is -0.109. The molecule has 0 heterocycles. The first-order chi connectivity index (χ1) is 4.66. The van der Waals surface area contributed by atoms with Crippen molar-refractivity contribution >= 4 is 0 Å². The van der Waals surface area contributed by atoms with Crippen LogP contribution in [0.25, 0.3) is 0 Å². The molecule has 2 atom stereocenters. The molecule has 0 spiro atoms. The molecule has 3 nitrogen and oxygen atoms in total. The van der Waals surface area contributed by atoms with Crippen LogP contribution in [0.2, 0.25) is 0 Å². The zero-order chi connectivity index (χ0) is 7.98. The maximum Gasteiger partial charge on any atom is 0.0771 e. The minimum Gasteiger partial charge on any atom is -0.394 e. The van der Waals surface area contributed by atoms with E-state index in [4.69, 9.17) is 15.3 Å². The Hall–Kier alpha value is -0.120. The van der Waals surface area contributed by atoms with Crippen molar-refractivity contribution in [2.45, 2.75) is 38.4 Å². The van der Waals surface area contributed by atoms with Gasteiger partial charge in [0.25, 0.3) is 0 Å². The maximum absolute atomic E-state index is 8.84. The zero-order valence-electron chi connectivity index (χ0n) is 6.32. The van der Waals surface area contributed by atoms with Gasteiger partial charge in [0.15, 0.2) is 0 Å². The fourth-order valence-corrected chi connectivity index (χ4v) is 0.740. The third-order valence-electron chi connectivity index (χ3n) is 1.37. The third kappa shape index (κ3) is 6.01. The van der Waals surface area contributed by atoms with Crippen molar-refractivity contribution < 1.29 is 15.3 Å². The van der Waals surface area contributed by atoms with Crippen LogP contribution in [0.3, 0.4) is 0 Å². The lowest BCUT2D eigenvalue weighted by Crippen LogP contribution is -2.12. The number of hydrogen-bond acceptors (Lipinski definition) is 3. The second-order valence-electron chi connectivity index (χ2n) is 2.62. The summed E-state index contributed by atoms with van der Waals surface area (Å²) in [4.78, 5) is 0. The number of aliphatic hydroxyl groups is 3. The lowest BCUT2D eigenvalue weighted by atomic mass is 10.1. The molecule has 62 valence electrons. The average molecular weight is 148 g/mol. The molecule has 0 fully saturated rings. The molecular formula is C7H16O3. The van der Waals surface area contributed by atoms with Gasteiger partial charge in [-0.25, -0.2) is 0 Å². The van der Waals surface area contributed by atoms with E-state index in [1.165, 1.54) is 0 Å². The molecule has 0 saturated carbocycles. The van der Waals surface area contributed by atoms with Crippen LogP contribution in [0.5, 0.6) is 0 Å². The molecule has 0 bridgehead atoms. The summed E-state index contributed by atoms with van der Waals surface area (Å²) >= 11 is 0. The second-order valence-corrected chi connectivity index (χ2v) is 2.62. The molecular weight excluding hydrogens is 132 g/mol. The Morgan fingerprint density at radius 1 is 1.20 bits per heavy atom. The van der Waals surface area contributed by atoms with E-state index in [1.807, 2.05) is 0 Å². The Morgan fingerprint density at radius 3 is 2.20 bits per heavy atom. The predicted molar refractivity (Wildman–Crippen MR) is 38.6 cm³/mol. The summed E-state index contributed by atoms with van der Waals surface area (Å²) in [6, 6.07) is 0. The first kappa shape index (κ1) is 9.88. The Bertz CT molecular complexity index is 73.3. The number of hydrogen-bond donors (Lipinski definition) is 3. The fourth-order valence-electron chi connectivity index (χ4n) is 0.740. The third-order valence-corrected chi connectivity index (χ3v) is 1.37. The van der Waals surface area contributed by atoms with Gasteiger partial charge < -0.3 is 15.3 Å². The van der Waals surface area contributed by atoms with Crippen molar-refractivity contribution in [2.75, 3.05) is 6.61 Å². The van der Waals surface area contributed by atoms with Gasteiger partial charge in [-0.05, 0) is 26.2 Å². The molecule has 0 aliphatic heterocycles. The Balaban J connectivity index is 3.03. The van der Waals surface area contributed by atoms with Crippen LogP contribution >= 0.6 is 0 Å². The summed E-state index contributed by atoms with van der Waals surface area (Å²) < 4.78 is 0. The lowest BCUT2D eigenvalue weighted by Gasteiger charge is -2.07. The first-order valence-electron chi connectivity index (χ1n) is 3.63. The molecule has 0 amide bonds. The standard InChI is InChI=1S/C7H16O3/c1-6(9)3-2-4-7(10)5-8/h6-10H,2-5H2,1H3/t6-,7+/m0/s1. The highest BCUT2D eigenvalue weighted by atomic mass is 16.3. The smallest absolute Gasteiger partial charge is 0.0771 e. The Labute approximate surface area is 61.3 Å². The molecule has 0 aromatic carbocycles. The van der Waals surface area contributed by atoms with Crippen molar-refractivity contribution in [3.05, 3.63) is 0 Å². The summed E-state index contributed by atoms with van der Waals surface area (Å²) in [6.45, 7) is 1.53. The average Bonchev–Trinajstić information content (AvgIpc) is 1.87. The van der Waals surface area contributed by atoms with E-state index in [9.17, 15) is 0 Å². The first-order valence-corrected chi connectivity index (χ1v) is 3.63. The van der Waals surface area contributed by atoms with E-state index in [0.29, 0.717) is 12.8 Å². The van der Waals surface area contributed by atoms with Crippen molar-refractivity contribution in [3.63, 3.8) is 0 Å². The highest BCUT2D eigenvalue weighted by Gasteiger charge is 2.02. The second kappa shape index (κ2) is 5.65. The van der Waals surface area contributed by atoms with Gasteiger partial charge in [0.1, 0.15) is 0 Å². The monoisotopic (exact) mass is 148 g/mol. The molecule has 0 rings (SSSR count). The SMILES string of the molecule is C[C@H](O)CCC[C@@H](O)CO. The van der Waals surface area contributed by atoms with Crippen molar-refractivity contribution in [1.29, 1.82) is 0 Å². The van der Waals surface area contributed by atoms with Crippen LogP contribution in [0.1, 0.15) is 26.2 Å². The number of rotatable bonds is 5.